The van der Waals surface area contributed by atoms with Gasteiger partial charge in [-0.25, -0.2) is 0 Å². The van der Waals surface area contributed by atoms with Crippen LogP contribution in [0.5, 0.6) is 0 Å². The number of amides is 1. The third-order valence-electron chi connectivity index (χ3n) is 3.61. The minimum Gasteiger partial charge on any atom is -0.330 e. The van der Waals surface area contributed by atoms with E-state index in [4.69, 9.17) is 5.73 Å². The summed E-state index contributed by atoms with van der Waals surface area (Å²) in [4.78, 5) is 14.2. The van der Waals surface area contributed by atoms with Crippen LogP contribution in [0.25, 0.3) is 0 Å². The van der Waals surface area contributed by atoms with E-state index >= 15 is 0 Å². The van der Waals surface area contributed by atoms with Gasteiger partial charge in [0.15, 0.2) is 0 Å². The second-order valence-electron chi connectivity index (χ2n) is 5.38. The second-order valence-corrected chi connectivity index (χ2v) is 5.38. The average Bonchev–Trinajstić information content (AvgIpc) is 2.77. The van der Waals surface area contributed by atoms with E-state index in [0.29, 0.717) is 12.5 Å². The molecule has 1 aliphatic heterocycles. The molecule has 0 saturated carbocycles. The summed E-state index contributed by atoms with van der Waals surface area (Å²) < 4.78 is 0. The number of rotatable bonds is 5. The van der Waals surface area contributed by atoms with E-state index in [0.717, 1.165) is 43.7 Å². The van der Waals surface area contributed by atoms with Gasteiger partial charge in [-0.3, -0.25) is 9.69 Å². The third-order valence-corrected chi connectivity index (χ3v) is 3.61. The maximum absolute atomic E-state index is 12.0. The van der Waals surface area contributed by atoms with Gasteiger partial charge in [0.2, 0.25) is 5.91 Å². The van der Waals surface area contributed by atoms with Crippen LogP contribution in [0.4, 0.5) is 5.69 Å². The number of likely N-dealkylation sites (tertiary alicyclic amines) is 1. The maximum atomic E-state index is 12.0. The molecule has 0 aliphatic carbocycles. The smallest absolute Gasteiger partial charge is 0.238 e. The lowest BCUT2D eigenvalue weighted by Crippen LogP contribution is -2.31. The number of nitrogens with one attached hydrogen (secondary N) is 1. The Morgan fingerprint density at radius 2 is 2.37 bits per heavy atom. The van der Waals surface area contributed by atoms with Crippen LogP contribution in [0, 0.1) is 12.8 Å². The first-order valence-corrected chi connectivity index (χ1v) is 6.96. The molecule has 1 amide bonds. The van der Waals surface area contributed by atoms with Crippen molar-refractivity contribution in [1.82, 2.24) is 4.90 Å². The molecular formula is C15H23N3O. The van der Waals surface area contributed by atoms with Crippen LogP contribution in [0.3, 0.4) is 0 Å². The Bertz CT molecular complexity index is 433. The number of nitrogens with two attached hydrogens (primary N) is 1. The molecule has 1 aromatic rings. The van der Waals surface area contributed by atoms with E-state index in [1.165, 1.54) is 0 Å². The third kappa shape index (κ3) is 4.33. The molecular weight excluding hydrogens is 238 g/mol. The Balaban J connectivity index is 1.79. The molecule has 1 saturated heterocycles. The summed E-state index contributed by atoms with van der Waals surface area (Å²) in [5.41, 5.74) is 7.61. The Labute approximate surface area is 115 Å². The van der Waals surface area contributed by atoms with Gasteiger partial charge in [0.1, 0.15) is 0 Å². The largest absolute Gasteiger partial charge is 0.330 e. The SMILES string of the molecule is Cc1cccc(NC(=O)CN2CCC(CCN)C2)c1. The predicted molar refractivity (Wildman–Crippen MR) is 78.0 cm³/mol. The average molecular weight is 261 g/mol. The fraction of sp³-hybridized carbons (Fsp3) is 0.533. The van der Waals surface area contributed by atoms with Crippen molar-refractivity contribution < 1.29 is 4.79 Å². The van der Waals surface area contributed by atoms with Gasteiger partial charge in [0.25, 0.3) is 0 Å². The van der Waals surface area contributed by atoms with Crippen molar-refractivity contribution in [2.45, 2.75) is 19.8 Å². The zero-order valence-electron chi connectivity index (χ0n) is 11.6. The molecule has 1 unspecified atom stereocenters. The van der Waals surface area contributed by atoms with E-state index in [1.54, 1.807) is 0 Å². The first kappa shape index (κ1) is 14.0. The Kier molecular flexibility index (Phi) is 4.93. The van der Waals surface area contributed by atoms with Gasteiger partial charge >= 0.3 is 0 Å². The summed E-state index contributed by atoms with van der Waals surface area (Å²) in [6, 6.07) is 7.89. The maximum Gasteiger partial charge on any atom is 0.238 e. The molecule has 1 aliphatic rings. The fourth-order valence-corrected chi connectivity index (χ4v) is 2.65. The molecule has 2 rings (SSSR count). The van der Waals surface area contributed by atoms with Crippen LogP contribution in [0.2, 0.25) is 0 Å². The van der Waals surface area contributed by atoms with Crippen LogP contribution in [0.15, 0.2) is 24.3 Å². The summed E-state index contributed by atoms with van der Waals surface area (Å²) in [6.07, 6.45) is 2.23. The van der Waals surface area contributed by atoms with Gasteiger partial charge in [-0.1, -0.05) is 12.1 Å². The van der Waals surface area contributed by atoms with Crippen molar-refractivity contribution in [1.29, 1.82) is 0 Å². The summed E-state index contributed by atoms with van der Waals surface area (Å²) in [5, 5.41) is 2.95. The molecule has 3 N–H and O–H groups in total. The van der Waals surface area contributed by atoms with E-state index in [-0.39, 0.29) is 5.91 Å². The monoisotopic (exact) mass is 261 g/mol. The minimum atomic E-state index is 0.0685. The van der Waals surface area contributed by atoms with E-state index in [1.807, 2.05) is 31.2 Å². The zero-order valence-corrected chi connectivity index (χ0v) is 11.6. The van der Waals surface area contributed by atoms with Crippen molar-refractivity contribution >= 4 is 11.6 Å². The molecule has 19 heavy (non-hydrogen) atoms. The molecule has 1 atom stereocenters. The first-order valence-electron chi connectivity index (χ1n) is 6.96. The number of carbonyl (C=O) groups excluding carboxylic acids is 1. The Morgan fingerprint density at radius 1 is 1.53 bits per heavy atom. The van der Waals surface area contributed by atoms with Gasteiger partial charge in [-0.05, 0) is 56.5 Å². The molecule has 0 aromatic heterocycles. The molecule has 0 bridgehead atoms. The van der Waals surface area contributed by atoms with Crippen molar-refractivity contribution in [2.75, 3.05) is 31.5 Å². The first-order chi connectivity index (χ1) is 9.17. The molecule has 0 radical (unpaired) electrons. The number of carbonyl (C=O) groups is 1. The van der Waals surface area contributed by atoms with Crippen LogP contribution < -0.4 is 11.1 Å². The number of anilines is 1. The lowest BCUT2D eigenvalue weighted by molar-refractivity contribution is -0.117. The molecule has 1 aromatic carbocycles. The van der Waals surface area contributed by atoms with Crippen LogP contribution >= 0.6 is 0 Å². The van der Waals surface area contributed by atoms with Gasteiger partial charge in [0, 0.05) is 12.2 Å². The van der Waals surface area contributed by atoms with Gasteiger partial charge in [-0.15, -0.1) is 0 Å². The highest BCUT2D eigenvalue weighted by molar-refractivity contribution is 5.92. The summed E-state index contributed by atoms with van der Waals surface area (Å²) >= 11 is 0. The van der Waals surface area contributed by atoms with E-state index in [9.17, 15) is 4.79 Å². The standard InChI is InChI=1S/C15H23N3O/c1-12-3-2-4-14(9-12)17-15(19)11-18-8-6-13(10-18)5-7-16/h2-4,9,13H,5-8,10-11,16H2,1H3,(H,17,19). The van der Waals surface area contributed by atoms with Crippen molar-refractivity contribution in [3.63, 3.8) is 0 Å². The van der Waals surface area contributed by atoms with Crippen LogP contribution in [-0.4, -0.2) is 37.0 Å². The number of benzene rings is 1. The van der Waals surface area contributed by atoms with Crippen molar-refractivity contribution in [2.24, 2.45) is 11.7 Å². The highest BCUT2D eigenvalue weighted by Crippen LogP contribution is 2.18. The fourth-order valence-electron chi connectivity index (χ4n) is 2.65. The molecule has 104 valence electrons. The predicted octanol–water partition coefficient (Wildman–Crippen LogP) is 1.60. The van der Waals surface area contributed by atoms with E-state index < -0.39 is 0 Å². The number of hydrogen-bond donors (Lipinski definition) is 2. The molecule has 0 spiro atoms. The molecule has 1 fully saturated rings. The Hall–Kier alpha value is -1.39. The highest BCUT2D eigenvalue weighted by Gasteiger charge is 2.23. The number of nitrogens with zero attached hydrogens (tertiary/aromatic N) is 1. The van der Waals surface area contributed by atoms with Crippen molar-refractivity contribution in [3.8, 4) is 0 Å². The van der Waals surface area contributed by atoms with Gasteiger partial charge in [-0.2, -0.15) is 0 Å². The minimum absolute atomic E-state index is 0.0685. The lowest BCUT2D eigenvalue weighted by atomic mass is 10.1. The summed E-state index contributed by atoms with van der Waals surface area (Å²) in [7, 11) is 0. The highest BCUT2D eigenvalue weighted by atomic mass is 16.2. The van der Waals surface area contributed by atoms with Gasteiger partial charge in [0.05, 0.1) is 6.54 Å². The van der Waals surface area contributed by atoms with Gasteiger partial charge < -0.3 is 11.1 Å². The molecule has 1 heterocycles. The van der Waals surface area contributed by atoms with Crippen LogP contribution in [0.1, 0.15) is 18.4 Å². The molecule has 4 heteroatoms. The lowest BCUT2D eigenvalue weighted by Gasteiger charge is -2.15. The summed E-state index contributed by atoms with van der Waals surface area (Å²) in [6.45, 7) is 5.25. The quantitative estimate of drug-likeness (QED) is 0.846. The van der Waals surface area contributed by atoms with Crippen molar-refractivity contribution in [3.05, 3.63) is 29.8 Å². The summed E-state index contributed by atoms with van der Waals surface area (Å²) in [5.74, 6) is 0.732. The van der Waals surface area contributed by atoms with E-state index in [2.05, 4.69) is 10.2 Å². The number of hydrogen-bond acceptors (Lipinski definition) is 3. The zero-order chi connectivity index (χ0) is 13.7. The second kappa shape index (κ2) is 6.68. The normalized spacial score (nSPS) is 19.6. The Morgan fingerprint density at radius 3 is 3.11 bits per heavy atom. The number of aryl methyl sites for hydroxylation is 1. The van der Waals surface area contributed by atoms with Crippen LogP contribution in [-0.2, 0) is 4.79 Å². The topological polar surface area (TPSA) is 58.4 Å². The molecule has 4 nitrogen and oxygen atoms in total.